The molecule has 2 heterocycles. The minimum Gasteiger partial charge on any atom is -0.396 e. The van der Waals surface area contributed by atoms with Crippen LogP contribution in [0.3, 0.4) is 0 Å². The van der Waals surface area contributed by atoms with Gasteiger partial charge in [-0.3, -0.25) is 0 Å². The molecule has 1 N–H and O–H groups in total. The largest absolute Gasteiger partial charge is 0.396 e. The predicted molar refractivity (Wildman–Crippen MR) is 75.0 cm³/mol. The number of hydrogen-bond acceptors (Lipinski definition) is 3. The minimum atomic E-state index is -3.35. The third-order valence-corrected chi connectivity index (χ3v) is 6.58. The summed E-state index contributed by atoms with van der Waals surface area (Å²) in [4.78, 5) is 0. The lowest BCUT2D eigenvalue weighted by Gasteiger charge is -2.41. The quantitative estimate of drug-likeness (QED) is 0.850. The lowest BCUT2D eigenvalue weighted by Crippen LogP contribution is -2.54. The molecule has 5 nitrogen and oxygen atoms in total. The molecule has 0 aromatic rings. The Morgan fingerprint density at radius 1 is 1.05 bits per heavy atom. The van der Waals surface area contributed by atoms with Gasteiger partial charge in [-0.2, -0.15) is 17.0 Å². The fourth-order valence-corrected chi connectivity index (χ4v) is 5.40. The van der Waals surface area contributed by atoms with Crippen LogP contribution in [0.2, 0.25) is 0 Å². The maximum absolute atomic E-state index is 12.8. The Bertz CT molecular complexity index is 383. The van der Waals surface area contributed by atoms with Crippen molar-refractivity contribution in [1.82, 2.24) is 8.61 Å². The molecule has 0 aromatic carbocycles. The second-order valence-corrected chi connectivity index (χ2v) is 7.57. The van der Waals surface area contributed by atoms with E-state index >= 15 is 0 Å². The van der Waals surface area contributed by atoms with E-state index in [1.807, 2.05) is 6.92 Å². The van der Waals surface area contributed by atoms with Crippen LogP contribution in [0.5, 0.6) is 0 Å². The average molecular weight is 290 g/mol. The van der Waals surface area contributed by atoms with Crippen LogP contribution in [-0.2, 0) is 10.2 Å². The standard InChI is InChI=1S/C13H26N2O3S/c1-12-6-2-4-9-14(12)19(17,18)15-10-5-3-7-13(15)8-11-16/h12-13,16H,2-11H2,1H3. The van der Waals surface area contributed by atoms with E-state index in [1.165, 1.54) is 0 Å². The Kier molecular flexibility index (Phi) is 5.22. The first-order chi connectivity index (χ1) is 9.07. The van der Waals surface area contributed by atoms with E-state index in [4.69, 9.17) is 5.11 Å². The molecule has 2 aliphatic heterocycles. The van der Waals surface area contributed by atoms with Crippen LogP contribution in [0.4, 0.5) is 0 Å². The van der Waals surface area contributed by atoms with Gasteiger partial charge in [-0.15, -0.1) is 0 Å². The Hall–Kier alpha value is -0.170. The van der Waals surface area contributed by atoms with Crippen molar-refractivity contribution < 1.29 is 13.5 Å². The SMILES string of the molecule is CC1CCCCN1S(=O)(=O)N1CCCCC1CCO. The Labute approximate surface area is 116 Å². The summed E-state index contributed by atoms with van der Waals surface area (Å²) in [5.41, 5.74) is 0. The summed E-state index contributed by atoms with van der Waals surface area (Å²) in [5.74, 6) is 0. The molecule has 0 saturated carbocycles. The molecule has 2 aliphatic rings. The van der Waals surface area contributed by atoms with Crippen LogP contribution < -0.4 is 0 Å². The molecule has 112 valence electrons. The molecule has 0 bridgehead atoms. The first-order valence-corrected chi connectivity index (χ1v) is 8.86. The minimum absolute atomic E-state index is 0.0159. The third-order valence-electron chi connectivity index (χ3n) is 4.37. The molecule has 2 fully saturated rings. The Morgan fingerprint density at radius 2 is 1.68 bits per heavy atom. The van der Waals surface area contributed by atoms with Crippen molar-refractivity contribution in [2.24, 2.45) is 0 Å². The Balaban J connectivity index is 2.16. The summed E-state index contributed by atoms with van der Waals surface area (Å²) in [6.07, 6.45) is 6.46. The zero-order valence-corrected chi connectivity index (χ0v) is 12.6. The lowest BCUT2D eigenvalue weighted by atomic mass is 10.0. The van der Waals surface area contributed by atoms with E-state index in [-0.39, 0.29) is 18.7 Å². The van der Waals surface area contributed by atoms with Crippen LogP contribution in [0.15, 0.2) is 0 Å². The number of rotatable bonds is 4. The van der Waals surface area contributed by atoms with Crippen molar-refractivity contribution in [2.75, 3.05) is 19.7 Å². The summed E-state index contributed by atoms with van der Waals surface area (Å²) in [7, 11) is -3.35. The highest BCUT2D eigenvalue weighted by Gasteiger charge is 2.38. The molecule has 2 atom stereocenters. The maximum Gasteiger partial charge on any atom is 0.282 e. The van der Waals surface area contributed by atoms with Crippen LogP contribution in [0, 0.1) is 0 Å². The molecular formula is C13H26N2O3S. The van der Waals surface area contributed by atoms with Gasteiger partial charge < -0.3 is 5.11 Å². The van der Waals surface area contributed by atoms with Gasteiger partial charge in [0.15, 0.2) is 0 Å². The topological polar surface area (TPSA) is 60.9 Å². The van der Waals surface area contributed by atoms with Crippen LogP contribution >= 0.6 is 0 Å². The summed E-state index contributed by atoms with van der Waals surface area (Å²) < 4.78 is 28.9. The van der Waals surface area contributed by atoms with E-state index in [0.29, 0.717) is 19.5 Å². The summed E-state index contributed by atoms with van der Waals surface area (Å²) in [6, 6.07) is 0.0910. The summed E-state index contributed by atoms with van der Waals surface area (Å²) in [6.45, 7) is 3.32. The van der Waals surface area contributed by atoms with Crippen LogP contribution in [0.25, 0.3) is 0 Å². The smallest absolute Gasteiger partial charge is 0.282 e. The van der Waals surface area contributed by atoms with Crippen molar-refractivity contribution in [1.29, 1.82) is 0 Å². The van der Waals surface area contributed by atoms with Gasteiger partial charge in [0.25, 0.3) is 10.2 Å². The maximum atomic E-state index is 12.8. The zero-order chi connectivity index (χ0) is 13.9. The van der Waals surface area contributed by atoms with Gasteiger partial charge in [-0.05, 0) is 39.0 Å². The van der Waals surface area contributed by atoms with Gasteiger partial charge in [-0.25, -0.2) is 0 Å². The number of aliphatic hydroxyl groups is 1. The first kappa shape index (κ1) is 15.2. The Morgan fingerprint density at radius 3 is 2.32 bits per heavy atom. The van der Waals surface area contributed by atoms with Crippen molar-refractivity contribution in [3.05, 3.63) is 0 Å². The molecule has 2 unspecified atom stereocenters. The van der Waals surface area contributed by atoms with Gasteiger partial charge in [0.2, 0.25) is 0 Å². The highest BCUT2D eigenvalue weighted by Crippen LogP contribution is 2.28. The molecule has 2 rings (SSSR count). The van der Waals surface area contributed by atoms with Crippen molar-refractivity contribution in [3.63, 3.8) is 0 Å². The number of piperidine rings is 2. The zero-order valence-electron chi connectivity index (χ0n) is 11.8. The molecule has 0 radical (unpaired) electrons. The fraction of sp³-hybridized carbons (Fsp3) is 1.00. The second kappa shape index (κ2) is 6.52. The van der Waals surface area contributed by atoms with Crippen molar-refractivity contribution >= 4 is 10.2 Å². The van der Waals surface area contributed by atoms with E-state index < -0.39 is 10.2 Å². The number of hydrogen-bond donors (Lipinski definition) is 1. The molecule has 0 aromatic heterocycles. The lowest BCUT2D eigenvalue weighted by molar-refractivity contribution is 0.171. The fourth-order valence-electron chi connectivity index (χ4n) is 3.26. The van der Waals surface area contributed by atoms with E-state index in [0.717, 1.165) is 38.5 Å². The first-order valence-electron chi connectivity index (χ1n) is 7.47. The third kappa shape index (κ3) is 3.29. The normalized spacial score (nSPS) is 31.5. The van der Waals surface area contributed by atoms with Crippen molar-refractivity contribution in [2.45, 2.75) is 64.0 Å². The van der Waals surface area contributed by atoms with Gasteiger partial charge >= 0.3 is 0 Å². The van der Waals surface area contributed by atoms with Crippen LogP contribution in [0.1, 0.15) is 51.9 Å². The van der Waals surface area contributed by atoms with E-state index in [1.54, 1.807) is 8.61 Å². The molecule has 0 amide bonds. The molecule has 19 heavy (non-hydrogen) atoms. The van der Waals surface area contributed by atoms with Crippen molar-refractivity contribution in [3.8, 4) is 0 Å². The number of nitrogens with zero attached hydrogens (tertiary/aromatic N) is 2. The molecule has 2 saturated heterocycles. The summed E-state index contributed by atoms with van der Waals surface area (Å²) >= 11 is 0. The number of aliphatic hydroxyl groups excluding tert-OH is 1. The summed E-state index contributed by atoms with van der Waals surface area (Å²) in [5, 5.41) is 9.13. The average Bonchev–Trinajstić information content (AvgIpc) is 2.40. The van der Waals surface area contributed by atoms with E-state index in [9.17, 15) is 8.42 Å². The predicted octanol–water partition coefficient (Wildman–Crippen LogP) is 1.34. The van der Waals surface area contributed by atoms with E-state index in [2.05, 4.69) is 0 Å². The monoisotopic (exact) mass is 290 g/mol. The van der Waals surface area contributed by atoms with Crippen LogP contribution in [-0.4, -0.2) is 53.9 Å². The highest BCUT2D eigenvalue weighted by atomic mass is 32.2. The highest BCUT2D eigenvalue weighted by molar-refractivity contribution is 7.86. The van der Waals surface area contributed by atoms with Gasteiger partial charge in [-0.1, -0.05) is 12.8 Å². The van der Waals surface area contributed by atoms with Gasteiger partial charge in [0.1, 0.15) is 0 Å². The molecular weight excluding hydrogens is 264 g/mol. The van der Waals surface area contributed by atoms with Gasteiger partial charge in [0, 0.05) is 31.8 Å². The molecule has 0 aliphatic carbocycles. The molecule has 6 heteroatoms. The second-order valence-electron chi connectivity index (χ2n) is 5.74. The molecule has 0 spiro atoms. The van der Waals surface area contributed by atoms with Gasteiger partial charge in [0.05, 0.1) is 0 Å².